The topological polar surface area (TPSA) is 17.1 Å². The first-order valence-electron chi connectivity index (χ1n) is 8.36. The average Bonchev–Trinajstić information content (AvgIpc) is 2.52. The van der Waals surface area contributed by atoms with Gasteiger partial charge in [-0.15, -0.1) is 0 Å². The van der Waals surface area contributed by atoms with E-state index in [2.05, 4.69) is 31.2 Å². The number of Topliss-reactive ketones (excluding diaryl/α,β-unsaturated/α-hetero) is 1. The number of aryl methyl sites for hydroxylation is 1. The van der Waals surface area contributed by atoms with Crippen molar-refractivity contribution in [2.24, 2.45) is 11.8 Å². The first-order valence-corrected chi connectivity index (χ1v) is 8.36. The summed E-state index contributed by atoms with van der Waals surface area (Å²) in [6.07, 6.45) is 10.5. The second-order valence-corrected chi connectivity index (χ2v) is 6.31. The van der Waals surface area contributed by atoms with E-state index in [0.29, 0.717) is 11.7 Å². The zero-order valence-electron chi connectivity index (χ0n) is 12.8. The van der Waals surface area contributed by atoms with E-state index in [4.69, 9.17) is 0 Å². The van der Waals surface area contributed by atoms with Gasteiger partial charge in [0.2, 0.25) is 0 Å². The highest BCUT2D eigenvalue weighted by Crippen LogP contribution is 2.33. The molecule has 0 atom stereocenters. The molecule has 1 fully saturated rings. The number of ketones is 1. The SMILES string of the molecule is CCCCC1CCC(C(=O)CCc2ccccc2)CC1. The molecule has 1 heteroatoms. The smallest absolute Gasteiger partial charge is 0.136 e. The summed E-state index contributed by atoms with van der Waals surface area (Å²) in [5.41, 5.74) is 1.29. The van der Waals surface area contributed by atoms with Crippen LogP contribution in [0.15, 0.2) is 30.3 Å². The number of rotatable bonds is 7. The van der Waals surface area contributed by atoms with Crippen molar-refractivity contribution in [1.29, 1.82) is 0 Å². The maximum Gasteiger partial charge on any atom is 0.136 e. The molecule has 0 radical (unpaired) electrons. The summed E-state index contributed by atoms with van der Waals surface area (Å²) >= 11 is 0. The highest BCUT2D eigenvalue weighted by atomic mass is 16.1. The molecule has 0 aromatic heterocycles. The van der Waals surface area contributed by atoms with Gasteiger partial charge in [-0.05, 0) is 43.6 Å². The van der Waals surface area contributed by atoms with Crippen LogP contribution in [0.3, 0.4) is 0 Å². The number of unbranched alkanes of at least 4 members (excludes halogenated alkanes) is 1. The van der Waals surface area contributed by atoms with Crippen LogP contribution in [0.1, 0.15) is 63.9 Å². The minimum atomic E-state index is 0.358. The average molecular weight is 272 g/mol. The van der Waals surface area contributed by atoms with Gasteiger partial charge in [-0.3, -0.25) is 4.79 Å². The third-order valence-electron chi connectivity index (χ3n) is 4.77. The van der Waals surface area contributed by atoms with Crippen LogP contribution in [-0.4, -0.2) is 5.78 Å². The molecule has 0 N–H and O–H groups in total. The van der Waals surface area contributed by atoms with Crippen LogP contribution in [0.25, 0.3) is 0 Å². The summed E-state index contributed by atoms with van der Waals surface area (Å²) < 4.78 is 0. The highest BCUT2D eigenvalue weighted by Gasteiger charge is 2.25. The van der Waals surface area contributed by atoms with E-state index in [0.717, 1.165) is 31.6 Å². The third kappa shape index (κ3) is 4.77. The van der Waals surface area contributed by atoms with Gasteiger partial charge in [0.15, 0.2) is 0 Å². The molecule has 20 heavy (non-hydrogen) atoms. The van der Waals surface area contributed by atoms with E-state index in [1.165, 1.54) is 37.7 Å². The van der Waals surface area contributed by atoms with E-state index in [-0.39, 0.29) is 0 Å². The number of hydrogen-bond acceptors (Lipinski definition) is 1. The Hall–Kier alpha value is -1.11. The van der Waals surface area contributed by atoms with Crippen LogP contribution in [0.5, 0.6) is 0 Å². The lowest BCUT2D eigenvalue weighted by molar-refractivity contribution is -0.124. The van der Waals surface area contributed by atoms with Crippen molar-refractivity contribution in [2.75, 3.05) is 0 Å². The van der Waals surface area contributed by atoms with Gasteiger partial charge in [0.05, 0.1) is 0 Å². The predicted octanol–water partition coefficient (Wildman–Crippen LogP) is 5.18. The standard InChI is InChI=1S/C19H28O/c1-2-3-7-17-10-13-18(14-11-17)19(20)15-12-16-8-5-4-6-9-16/h4-6,8-9,17-18H,2-3,7,10-15H2,1H3. The highest BCUT2D eigenvalue weighted by molar-refractivity contribution is 5.81. The molecule has 0 amide bonds. The Bertz CT molecular complexity index is 387. The molecule has 1 aromatic rings. The lowest BCUT2D eigenvalue weighted by Gasteiger charge is -2.27. The lowest BCUT2D eigenvalue weighted by Crippen LogP contribution is -2.22. The molecule has 1 saturated carbocycles. The van der Waals surface area contributed by atoms with Crippen molar-refractivity contribution in [1.82, 2.24) is 0 Å². The molecule has 0 unspecified atom stereocenters. The molecule has 1 aromatic carbocycles. The van der Waals surface area contributed by atoms with E-state index < -0.39 is 0 Å². The minimum Gasteiger partial charge on any atom is -0.299 e. The maximum absolute atomic E-state index is 12.3. The van der Waals surface area contributed by atoms with Gasteiger partial charge >= 0.3 is 0 Å². The van der Waals surface area contributed by atoms with E-state index in [1.807, 2.05) is 6.07 Å². The first-order chi connectivity index (χ1) is 9.79. The largest absolute Gasteiger partial charge is 0.299 e. The molecule has 0 heterocycles. The van der Waals surface area contributed by atoms with E-state index in [1.54, 1.807) is 0 Å². The summed E-state index contributed by atoms with van der Waals surface area (Å²) in [6, 6.07) is 10.4. The number of carbonyl (C=O) groups is 1. The Labute approximate surface area is 123 Å². The Balaban J connectivity index is 1.69. The van der Waals surface area contributed by atoms with Crippen LogP contribution in [-0.2, 0) is 11.2 Å². The summed E-state index contributed by atoms with van der Waals surface area (Å²) in [5, 5.41) is 0. The Morgan fingerprint density at radius 1 is 1.10 bits per heavy atom. The summed E-state index contributed by atoms with van der Waals surface area (Å²) in [6.45, 7) is 2.26. The lowest BCUT2D eigenvalue weighted by atomic mass is 9.77. The zero-order chi connectivity index (χ0) is 14.2. The zero-order valence-corrected chi connectivity index (χ0v) is 12.8. The van der Waals surface area contributed by atoms with E-state index >= 15 is 0 Å². The fourth-order valence-electron chi connectivity index (χ4n) is 3.38. The quantitative estimate of drug-likeness (QED) is 0.668. The van der Waals surface area contributed by atoms with Crippen LogP contribution in [0, 0.1) is 11.8 Å². The van der Waals surface area contributed by atoms with Crippen LogP contribution in [0.4, 0.5) is 0 Å². The molecule has 2 rings (SSSR count). The minimum absolute atomic E-state index is 0.358. The maximum atomic E-state index is 12.3. The normalized spacial score (nSPS) is 22.6. The Morgan fingerprint density at radius 3 is 2.45 bits per heavy atom. The number of carbonyl (C=O) groups excluding carboxylic acids is 1. The van der Waals surface area contributed by atoms with Crippen molar-refractivity contribution in [3.8, 4) is 0 Å². The molecule has 0 spiro atoms. The first kappa shape index (κ1) is 15.3. The van der Waals surface area contributed by atoms with Gasteiger partial charge in [0.25, 0.3) is 0 Å². The molecule has 0 aliphatic heterocycles. The predicted molar refractivity (Wildman–Crippen MR) is 84.7 cm³/mol. The molecule has 0 saturated heterocycles. The molecule has 110 valence electrons. The van der Waals surface area contributed by atoms with Gasteiger partial charge in [-0.2, -0.15) is 0 Å². The third-order valence-corrected chi connectivity index (χ3v) is 4.77. The summed E-state index contributed by atoms with van der Waals surface area (Å²) in [7, 11) is 0. The monoisotopic (exact) mass is 272 g/mol. The van der Waals surface area contributed by atoms with Crippen molar-refractivity contribution in [3.63, 3.8) is 0 Å². The van der Waals surface area contributed by atoms with Crippen LogP contribution >= 0.6 is 0 Å². The molecule has 0 bridgehead atoms. The fourth-order valence-corrected chi connectivity index (χ4v) is 3.38. The van der Waals surface area contributed by atoms with Gasteiger partial charge in [-0.1, -0.05) is 56.5 Å². The summed E-state index contributed by atoms with van der Waals surface area (Å²) in [5.74, 6) is 1.76. The van der Waals surface area contributed by atoms with Crippen LogP contribution < -0.4 is 0 Å². The van der Waals surface area contributed by atoms with Crippen molar-refractivity contribution < 1.29 is 4.79 Å². The van der Waals surface area contributed by atoms with Gasteiger partial charge in [0, 0.05) is 12.3 Å². The fraction of sp³-hybridized carbons (Fsp3) is 0.632. The Kier molecular flexibility index (Phi) is 6.29. The van der Waals surface area contributed by atoms with Gasteiger partial charge < -0.3 is 0 Å². The number of hydrogen-bond donors (Lipinski definition) is 0. The number of benzene rings is 1. The Morgan fingerprint density at radius 2 is 1.80 bits per heavy atom. The van der Waals surface area contributed by atoms with Crippen molar-refractivity contribution in [2.45, 2.75) is 64.7 Å². The molecular weight excluding hydrogens is 244 g/mol. The van der Waals surface area contributed by atoms with Crippen molar-refractivity contribution >= 4 is 5.78 Å². The van der Waals surface area contributed by atoms with Gasteiger partial charge in [-0.25, -0.2) is 0 Å². The molecular formula is C19H28O. The second-order valence-electron chi connectivity index (χ2n) is 6.31. The van der Waals surface area contributed by atoms with Crippen LogP contribution in [0.2, 0.25) is 0 Å². The second kappa shape index (κ2) is 8.24. The van der Waals surface area contributed by atoms with Crippen molar-refractivity contribution in [3.05, 3.63) is 35.9 Å². The van der Waals surface area contributed by atoms with E-state index in [9.17, 15) is 4.79 Å². The molecule has 1 aliphatic carbocycles. The molecule has 1 nitrogen and oxygen atoms in total. The van der Waals surface area contributed by atoms with Gasteiger partial charge in [0.1, 0.15) is 5.78 Å². The molecule has 1 aliphatic rings. The summed E-state index contributed by atoms with van der Waals surface area (Å²) in [4.78, 5) is 12.3.